The molecule has 1 aromatic heterocycles. The molecule has 0 bridgehead atoms. The molecule has 0 amide bonds. The summed E-state index contributed by atoms with van der Waals surface area (Å²) in [6, 6.07) is 11.2. The van der Waals surface area contributed by atoms with Gasteiger partial charge in [-0.05, 0) is 24.6 Å². The second-order valence-corrected chi connectivity index (χ2v) is 4.24. The minimum atomic E-state index is -0.658. The van der Waals surface area contributed by atoms with Gasteiger partial charge >= 0.3 is 0 Å². The van der Waals surface area contributed by atoms with Crippen LogP contribution < -0.4 is 10.5 Å². The van der Waals surface area contributed by atoms with E-state index < -0.39 is 6.10 Å². The molecule has 1 atom stereocenters. The summed E-state index contributed by atoms with van der Waals surface area (Å²) >= 11 is 0. The lowest BCUT2D eigenvalue weighted by Crippen LogP contribution is -2.07. The Labute approximate surface area is 112 Å². The topological polar surface area (TPSA) is 68.4 Å². The average molecular weight is 258 g/mol. The fourth-order valence-corrected chi connectivity index (χ4v) is 1.98. The molecule has 1 heterocycles. The second kappa shape index (κ2) is 6.20. The number of nitrogens with zero attached hydrogens (tertiary/aromatic N) is 1. The maximum atomic E-state index is 10.3. The standard InChI is InChI=1S/C15H18N2O2/c1-2-19-14-8-4-3-7-12(14)13(18)10-11-6-5-9-17-15(11)16/h3-9,13,18H,2,10H2,1H3,(H2,16,17). The zero-order valence-corrected chi connectivity index (χ0v) is 10.9. The molecule has 2 aromatic rings. The first kappa shape index (κ1) is 13.4. The molecule has 0 saturated heterocycles. The van der Waals surface area contributed by atoms with Crippen LogP contribution in [0.2, 0.25) is 0 Å². The normalized spacial score (nSPS) is 12.1. The van der Waals surface area contributed by atoms with Crippen LogP contribution in [0.1, 0.15) is 24.2 Å². The molecule has 0 radical (unpaired) electrons. The lowest BCUT2D eigenvalue weighted by Gasteiger charge is -2.16. The van der Waals surface area contributed by atoms with Gasteiger partial charge in [-0.3, -0.25) is 0 Å². The molecule has 0 aliphatic carbocycles. The van der Waals surface area contributed by atoms with E-state index in [1.807, 2.05) is 43.3 Å². The van der Waals surface area contributed by atoms with E-state index in [9.17, 15) is 5.11 Å². The van der Waals surface area contributed by atoms with E-state index in [-0.39, 0.29) is 0 Å². The number of rotatable bonds is 5. The average Bonchev–Trinajstić information content (AvgIpc) is 2.42. The quantitative estimate of drug-likeness (QED) is 0.863. The third-order valence-corrected chi connectivity index (χ3v) is 2.92. The van der Waals surface area contributed by atoms with Crippen LogP contribution >= 0.6 is 0 Å². The molecule has 0 spiro atoms. The summed E-state index contributed by atoms with van der Waals surface area (Å²) < 4.78 is 5.52. The van der Waals surface area contributed by atoms with Crippen LogP contribution in [0, 0.1) is 0 Å². The first-order valence-electron chi connectivity index (χ1n) is 6.31. The zero-order chi connectivity index (χ0) is 13.7. The van der Waals surface area contributed by atoms with Gasteiger partial charge in [-0.25, -0.2) is 4.98 Å². The van der Waals surface area contributed by atoms with Crippen molar-refractivity contribution < 1.29 is 9.84 Å². The van der Waals surface area contributed by atoms with Crippen LogP contribution in [0.4, 0.5) is 5.82 Å². The van der Waals surface area contributed by atoms with Crippen LogP contribution in [0.15, 0.2) is 42.6 Å². The molecule has 100 valence electrons. The van der Waals surface area contributed by atoms with Crippen LogP contribution in [-0.2, 0) is 6.42 Å². The summed E-state index contributed by atoms with van der Waals surface area (Å²) in [4.78, 5) is 4.02. The van der Waals surface area contributed by atoms with Crippen LogP contribution in [0.5, 0.6) is 5.75 Å². The molecule has 4 heteroatoms. The number of nitrogens with two attached hydrogens (primary N) is 1. The highest BCUT2D eigenvalue weighted by atomic mass is 16.5. The predicted octanol–water partition coefficient (Wildman–Crippen LogP) is 2.34. The molecule has 0 saturated carbocycles. The Morgan fingerprint density at radius 1 is 1.26 bits per heavy atom. The highest BCUT2D eigenvalue weighted by Crippen LogP contribution is 2.28. The number of aromatic nitrogens is 1. The van der Waals surface area contributed by atoms with E-state index >= 15 is 0 Å². The van der Waals surface area contributed by atoms with Crippen molar-refractivity contribution in [1.82, 2.24) is 4.98 Å². The van der Waals surface area contributed by atoms with Gasteiger partial charge in [0.25, 0.3) is 0 Å². The summed E-state index contributed by atoms with van der Waals surface area (Å²) in [6.07, 6.45) is 1.40. The highest BCUT2D eigenvalue weighted by molar-refractivity contribution is 5.41. The van der Waals surface area contributed by atoms with E-state index in [1.165, 1.54) is 0 Å². The van der Waals surface area contributed by atoms with Crippen LogP contribution in [-0.4, -0.2) is 16.7 Å². The number of anilines is 1. The van der Waals surface area contributed by atoms with Gasteiger partial charge in [-0.2, -0.15) is 0 Å². The molecule has 19 heavy (non-hydrogen) atoms. The first-order valence-corrected chi connectivity index (χ1v) is 6.31. The number of benzene rings is 1. The summed E-state index contributed by atoms with van der Waals surface area (Å²) in [5, 5.41) is 10.3. The van der Waals surface area contributed by atoms with Crippen molar-refractivity contribution in [3.63, 3.8) is 0 Å². The molecule has 0 fully saturated rings. The van der Waals surface area contributed by atoms with Crippen molar-refractivity contribution in [2.24, 2.45) is 0 Å². The van der Waals surface area contributed by atoms with Crippen LogP contribution in [0.25, 0.3) is 0 Å². The van der Waals surface area contributed by atoms with Crippen LogP contribution in [0.3, 0.4) is 0 Å². The summed E-state index contributed by atoms with van der Waals surface area (Å²) in [6.45, 7) is 2.49. The Morgan fingerprint density at radius 2 is 2.05 bits per heavy atom. The van der Waals surface area contributed by atoms with Gasteiger partial charge in [-0.15, -0.1) is 0 Å². The summed E-state index contributed by atoms with van der Waals surface area (Å²) in [7, 11) is 0. The smallest absolute Gasteiger partial charge is 0.126 e. The summed E-state index contributed by atoms with van der Waals surface area (Å²) in [5.41, 5.74) is 7.40. The van der Waals surface area contributed by atoms with Crippen molar-refractivity contribution in [1.29, 1.82) is 0 Å². The van der Waals surface area contributed by atoms with Crippen molar-refractivity contribution in [3.05, 3.63) is 53.7 Å². The van der Waals surface area contributed by atoms with Gasteiger partial charge < -0.3 is 15.6 Å². The largest absolute Gasteiger partial charge is 0.493 e. The minimum Gasteiger partial charge on any atom is -0.493 e. The Balaban J connectivity index is 2.20. The second-order valence-electron chi connectivity index (χ2n) is 4.24. The van der Waals surface area contributed by atoms with E-state index in [1.54, 1.807) is 6.20 Å². The molecular weight excluding hydrogens is 240 g/mol. The number of aliphatic hydroxyl groups excluding tert-OH is 1. The molecule has 2 rings (SSSR count). The van der Waals surface area contributed by atoms with Gasteiger partial charge in [0, 0.05) is 18.2 Å². The van der Waals surface area contributed by atoms with Gasteiger partial charge in [0.05, 0.1) is 12.7 Å². The zero-order valence-electron chi connectivity index (χ0n) is 10.9. The number of aliphatic hydroxyl groups is 1. The molecule has 3 N–H and O–H groups in total. The van der Waals surface area contributed by atoms with E-state index in [0.29, 0.717) is 24.6 Å². The first-order chi connectivity index (χ1) is 9.22. The molecule has 0 aliphatic rings. The SMILES string of the molecule is CCOc1ccccc1C(O)Cc1cccnc1N. The lowest BCUT2D eigenvalue weighted by atomic mass is 10.0. The van der Waals surface area contributed by atoms with Crippen molar-refractivity contribution >= 4 is 5.82 Å². The van der Waals surface area contributed by atoms with Gasteiger partial charge in [0.15, 0.2) is 0 Å². The number of pyridine rings is 1. The Morgan fingerprint density at radius 3 is 2.79 bits per heavy atom. The maximum absolute atomic E-state index is 10.3. The molecule has 4 nitrogen and oxygen atoms in total. The fourth-order valence-electron chi connectivity index (χ4n) is 1.98. The number of hydrogen-bond acceptors (Lipinski definition) is 4. The van der Waals surface area contributed by atoms with Gasteiger partial charge in [0.2, 0.25) is 0 Å². The van der Waals surface area contributed by atoms with Gasteiger partial charge in [0.1, 0.15) is 11.6 Å². The monoisotopic (exact) mass is 258 g/mol. The third-order valence-electron chi connectivity index (χ3n) is 2.92. The van der Waals surface area contributed by atoms with E-state index in [0.717, 1.165) is 11.1 Å². The Kier molecular flexibility index (Phi) is 4.36. The lowest BCUT2D eigenvalue weighted by molar-refractivity contribution is 0.172. The molecule has 0 aliphatic heterocycles. The molecular formula is C15H18N2O2. The van der Waals surface area contributed by atoms with E-state index in [2.05, 4.69) is 4.98 Å². The fraction of sp³-hybridized carbons (Fsp3) is 0.267. The number of para-hydroxylation sites is 1. The summed E-state index contributed by atoms with van der Waals surface area (Å²) in [5.74, 6) is 1.16. The number of hydrogen-bond donors (Lipinski definition) is 2. The maximum Gasteiger partial charge on any atom is 0.126 e. The van der Waals surface area contributed by atoms with Crippen molar-refractivity contribution in [2.45, 2.75) is 19.4 Å². The Bertz CT molecular complexity index is 543. The van der Waals surface area contributed by atoms with Gasteiger partial charge in [-0.1, -0.05) is 24.3 Å². The van der Waals surface area contributed by atoms with Crippen molar-refractivity contribution in [3.8, 4) is 5.75 Å². The molecule has 1 aromatic carbocycles. The number of ether oxygens (including phenoxy) is 1. The minimum absolute atomic E-state index is 0.420. The highest BCUT2D eigenvalue weighted by Gasteiger charge is 2.15. The van der Waals surface area contributed by atoms with Crippen molar-refractivity contribution in [2.75, 3.05) is 12.3 Å². The third kappa shape index (κ3) is 3.23. The predicted molar refractivity (Wildman–Crippen MR) is 74.9 cm³/mol. The number of nitrogen functional groups attached to an aromatic ring is 1. The Hall–Kier alpha value is -2.07. The molecule has 1 unspecified atom stereocenters. The van der Waals surface area contributed by atoms with E-state index in [4.69, 9.17) is 10.5 Å².